The minimum Gasteiger partial charge on any atom is -0.507 e. The first kappa shape index (κ1) is 18.3. The predicted octanol–water partition coefficient (Wildman–Crippen LogP) is 1.38. The summed E-state index contributed by atoms with van der Waals surface area (Å²) in [6.45, 7) is 9.44. The molecule has 0 bridgehead atoms. The van der Waals surface area contributed by atoms with Crippen LogP contribution in [0.25, 0.3) is 11.3 Å². The van der Waals surface area contributed by atoms with Crippen LogP contribution in [0.5, 0.6) is 5.75 Å². The number of hydrogen-bond donors (Lipinski definition) is 2. The number of aromatic nitrogens is 3. The van der Waals surface area contributed by atoms with Crippen molar-refractivity contribution in [1.29, 1.82) is 0 Å². The number of aromatic carboxylic acids is 1. The van der Waals surface area contributed by atoms with Crippen molar-refractivity contribution in [3.8, 4) is 17.0 Å². The second-order valence-corrected chi connectivity index (χ2v) is 6.59. The fourth-order valence-electron chi connectivity index (χ4n) is 3.21. The summed E-state index contributed by atoms with van der Waals surface area (Å²) in [5.41, 5.74) is 1.14. The summed E-state index contributed by atoms with van der Waals surface area (Å²) in [7, 11) is 0. The van der Waals surface area contributed by atoms with Gasteiger partial charge in [-0.05, 0) is 25.1 Å². The number of benzene rings is 1. The molecule has 26 heavy (non-hydrogen) atoms. The van der Waals surface area contributed by atoms with Gasteiger partial charge in [0, 0.05) is 38.3 Å². The van der Waals surface area contributed by atoms with Crippen molar-refractivity contribution < 1.29 is 15.0 Å². The van der Waals surface area contributed by atoms with Gasteiger partial charge in [0.25, 0.3) is 0 Å². The van der Waals surface area contributed by atoms with Gasteiger partial charge in [-0.3, -0.25) is 9.58 Å². The lowest BCUT2D eigenvalue weighted by Gasteiger charge is -2.34. The van der Waals surface area contributed by atoms with Crippen molar-refractivity contribution in [2.75, 3.05) is 39.3 Å². The van der Waals surface area contributed by atoms with Crippen LogP contribution in [0, 0.1) is 0 Å². The molecule has 140 valence electrons. The van der Waals surface area contributed by atoms with E-state index in [1.54, 1.807) is 10.7 Å². The molecule has 1 aliphatic rings. The second kappa shape index (κ2) is 8.29. The molecule has 3 rings (SSSR count). The van der Waals surface area contributed by atoms with E-state index < -0.39 is 5.97 Å². The van der Waals surface area contributed by atoms with E-state index in [4.69, 9.17) is 5.11 Å². The van der Waals surface area contributed by atoms with E-state index in [1.165, 1.54) is 25.1 Å². The average molecular weight is 359 g/mol. The lowest BCUT2D eigenvalue weighted by atomic mass is 10.1. The van der Waals surface area contributed by atoms with Crippen LogP contribution in [-0.4, -0.2) is 80.2 Å². The van der Waals surface area contributed by atoms with Crippen LogP contribution >= 0.6 is 0 Å². The number of aromatic hydroxyl groups is 1. The molecule has 2 N–H and O–H groups in total. The molecule has 1 saturated heterocycles. The van der Waals surface area contributed by atoms with Gasteiger partial charge in [-0.15, -0.1) is 5.10 Å². The van der Waals surface area contributed by atoms with Crippen LogP contribution in [0.1, 0.15) is 23.7 Å². The minimum absolute atomic E-state index is 0.122. The quantitative estimate of drug-likeness (QED) is 0.771. The summed E-state index contributed by atoms with van der Waals surface area (Å²) in [6, 6.07) is 4.41. The Bertz CT molecular complexity index is 753. The predicted molar refractivity (Wildman–Crippen MR) is 97.3 cm³/mol. The molecular formula is C18H25N5O3. The minimum atomic E-state index is -1.16. The molecule has 1 aromatic heterocycles. The zero-order chi connectivity index (χ0) is 18.5. The van der Waals surface area contributed by atoms with Crippen molar-refractivity contribution in [3.05, 3.63) is 30.0 Å². The summed E-state index contributed by atoms with van der Waals surface area (Å²) in [5.74, 6) is -1.42. The van der Waals surface area contributed by atoms with E-state index in [0.717, 1.165) is 39.3 Å². The second-order valence-electron chi connectivity index (χ2n) is 6.59. The monoisotopic (exact) mass is 359 g/mol. The van der Waals surface area contributed by atoms with E-state index in [2.05, 4.69) is 27.0 Å². The van der Waals surface area contributed by atoms with Gasteiger partial charge in [-0.2, -0.15) is 0 Å². The molecule has 0 spiro atoms. The normalized spacial score (nSPS) is 16.0. The first-order valence-electron chi connectivity index (χ1n) is 8.98. The van der Waals surface area contributed by atoms with Crippen LogP contribution in [0.2, 0.25) is 0 Å². The van der Waals surface area contributed by atoms with Gasteiger partial charge in [-0.1, -0.05) is 18.2 Å². The Morgan fingerprint density at radius 2 is 1.81 bits per heavy atom. The zero-order valence-corrected chi connectivity index (χ0v) is 15.0. The average Bonchev–Trinajstić information content (AvgIpc) is 3.10. The number of carbonyl (C=O) groups is 1. The maximum atomic E-state index is 11.0. The highest BCUT2D eigenvalue weighted by Crippen LogP contribution is 2.25. The molecule has 0 radical (unpaired) electrons. The molecule has 2 aromatic rings. The molecular weight excluding hydrogens is 334 g/mol. The highest BCUT2D eigenvalue weighted by molar-refractivity contribution is 5.91. The fraction of sp³-hybridized carbons (Fsp3) is 0.500. The molecule has 0 atom stereocenters. The molecule has 1 fully saturated rings. The topological polar surface area (TPSA) is 94.7 Å². The summed E-state index contributed by atoms with van der Waals surface area (Å²) < 4.78 is 1.79. The van der Waals surface area contributed by atoms with E-state index in [0.29, 0.717) is 11.3 Å². The van der Waals surface area contributed by atoms with Gasteiger partial charge in [-0.25, -0.2) is 4.79 Å². The van der Waals surface area contributed by atoms with Crippen LogP contribution in [0.3, 0.4) is 0 Å². The van der Waals surface area contributed by atoms with Crippen LogP contribution in [-0.2, 0) is 6.54 Å². The lowest BCUT2D eigenvalue weighted by molar-refractivity contribution is 0.0694. The van der Waals surface area contributed by atoms with Gasteiger partial charge in [0.1, 0.15) is 17.0 Å². The van der Waals surface area contributed by atoms with Crippen LogP contribution in [0.4, 0.5) is 0 Å². The Morgan fingerprint density at radius 1 is 1.12 bits per heavy atom. The Labute approximate surface area is 152 Å². The number of nitrogens with zero attached hydrogens (tertiary/aromatic N) is 5. The third-order valence-electron chi connectivity index (χ3n) is 4.71. The maximum absolute atomic E-state index is 11.0. The molecule has 1 aliphatic heterocycles. The number of hydrogen-bond acceptors (Lipinski definition) is 6. The zero-order valence-electron chi connectivity index (χ0n) is 15.0. The first-order chi connectivity index (χ1) is 12.6. The number of rotatable bonds is 7. The molecule has 0 saturated carbocycles. The SMILES string of the molecule is CCCN1CCN(CCn2cc(-c3ccc(C(=O)O)c(O)c3)nn2)CC1. The number of carboxylic acids is 1. The highest BCUT2D eigenvalue weighted by Gasteiger charge is 2.16. The number of phenols is 1. The summed E-state index contributed by atoms with van der Waals surface area (Å²) >= 11 is 0. The molecule has 0 unspecified atom stereocenters. The third-order valence-corrected chi connectivity index (χ3v) is 4.71. The van der Waals surface area contributed by atoms with E-state index in [-0.39, 0.29) is 11.3 Å². The van der Waals surface area contributed by atoms with E-state index in [1.807, 2.05) is 6.20 Å². The molecule has 0 aliphatic carbocycles. The van der Waals surface area contributed by atoms with Crippen molar-refractivity contribution in [2.24, 2.45) is 0 Å². The van der Waals surface area contributed by atoms with Crippen LogP contribution in [0.15, 0.2) is 24.4 Å². The highest BCUT2D eigenvalue weighted by atomic mass is 16.4. The maximum Gasteiger partial charge on any atom is 0.339 e. The Kier molecular flexibility index (Phi) is 5.85. The van der Waals surface area contributed by atoms with Crippen molar-refractivity contribution >= 4 is 5.97 Å². The first-order valence-corrected chi connectivity index (χ1v) is 8.98. The van der Waals surface area contributed by atoms with E-state index in [9.17, 15) is 9.90 Å². The van der Waals surface area contributed by atoms with Crippen molar-refractivity contribution in [2.45, 2.75) is 19.9 Å². The van der Waals surface area contributed by atoms with Crippen LogP contribution < -0.4 is 0 Å². The summed E-state index contributed by atoms with van der Waals surface area (Å²) in [5, 5.41) is 27.1. The third kappa shape index (κ3) is 4.39. The Hall–Kier alpha value is -2.45. The molecule has 2 heterocycles. The Balaban J connectivity index is 1.55. The van der Waals surface area contributed by atoms with E-state index >= 15 is 0 Å². The van der Waals surface area contributed by atoms with Gasteiger partial charge in [0.15, 0.2) is 0 Å². The lowest BCUT2D eigenvalue weighted by Crippen LogP contribution is -2.47. The van der Waals surface area contributed by atoms with Crippen molar-refractivity contribution in [1.82, 2.24) is 24.8 Å². The molecule has 8 nitrogen and oxygen atoms in total. The van der Waals surface area contributed by atoms with Gasteiger partial charge >= 0.3 is 5.97 Å². The summed E-state index contributed by atoms with van der Waals surface area (Å²) in [6.07, 6.45) is 3.02. The van der Waals surface area contributed by atoms with Gasteiger partial charge < -0.3 is 15.1 Å². The van der Waals surface area contributed by atoms with Crippen molar-refractivity contribution in [3.63, 3.8) is 0 Å². The largest absolute Gasteiger partial charge is 0.507 e. The standard InChI is InChI=1S/C18H25N5O3/c1-2-5-21-6-8-22(9-7-21)10-11-23-13-16(19-20-23)14-3-4-15(18(25)26)17(24)12-14/h3-4,12-13,24H,2,5-11H2,1H3,(H,25,26). The molecule has 0 amide bonds. The number of piperazine rings is 1. The Morgan fingerprint density at radius 3 is 2.42 bits per heavy atom. The van der Waals surface area contributed by atoms with Gasteiger partial charge in [0.2, 0.25) is 0 Å². The smallest absolute Gasteiger partial charge is 0.339 e. The molecule has 8 heteroatoms. The van der Waals surface area contributed by atoms with Gasteiger partial charge in [0.05, 0.1) is 12.7 Å². The molecule has 1 aromatic carbocycles. The number of carboxylic acid groups (broad SMARTS) is 1. The summed E-state index contributed by atoms with van der Waals surface area (Å²) in [4.78, 5) is 15.9. The fourth-order valence-corrected chi connectivity index (χ4v) is 3.21.